The van der Waals surface area contributed by atoms with Gasteiger partial charge < -0.3 is 13.6 Å². The molecule has 0 saturated carbocycles. The summed E-state index contributed by atoms with van der Waals surface area (Å²) < 4.78 is 22.1. The predicted molar refractivity (Wildman–Crippen MR) is 172 cm³/mol. The lowest BCUT2D eigenvalue weighted by Gasteiger charge is -2.40. The molecule has 1 fully saturated rings. The van der Waals surface area contributed by atoms with Gasteiger partial charge in [-0.15, -0.1) is 0 Å². The second-order valence-corrected chi connectivity index (χ2v) is 23.7. The molecule has 0 aliphatic carbocycles. The minimum atomic E-state index is -2.24. The molecular weight excluding hydrogens is 565 g/mol. The van der Waals surface area contributed by atoms with E-state index in [1.165, 1.54) is 4.57 Å². The van der Waals surface area contributed by atoms with Crippen LogP contribution in [0.4, 0.5) is 0 Å². The van der Waals surface area contributed by atoms with Crippen molar-refractivity contribution in [2.24, 2.45) is 0 Å². The second-order valence-electron chi connectivity index (χ2n) is 14.2. The number of nitrogens with zero attached hydrogens (tertiary/aromatic N) is 2. The Morgan fingerprint density at radius 2 is 1.57 bits per heavy atom. The van der Waals surface area contributed by atoms with Gasteiger partial charge >= 0.3 is 5.69 Å². The van der Waals surface area contributed by atoms with Gasteiger partial charge in [-0.25, -0.2) is 4.79 Å². The van der Waals surface area contributed by atoms with Crippen LogP contribution in [0.3, 0.4) is 0 Å². The van der Waals surface area contributed by atoms with E-state index in [2.05, 4.69) is 79.6 Å². The Bertz CT molecular complexity index is 1480. The van der Waals surface area contributed by atoms with E-state index < -0.39 is 46.1 Å². The summed E-state index contributed by atoms with van der Waals surface area (Å²) in [4.78, 5) is 40.9. The molecule has 3 rings (SSSR count). The Morgan fingerprint density at radius 3 is 2.10 bits per heavy atom. The fraction of sp³-hybridized carbons (Fsp3) is 0.594. The summed E-state index contributed by atoms with van der Waals surface area (Å²) >= 11 is 0. The summed E-state index contributed by atoms with van der Waals surface area (Å²) in [6.45, 7) is 25.4. The van der Waals surface area contributed by atoms with Crippen molar-refractivity contribution in [1.82, 2.24) is 9.13 Å². The van der Waals surface area contributed by atoms with Crippen molar-refractivity contribution in [2.75, 3.05) is 6.61 Å². The molecule has 0 spiro atoms. The van der Waals surface area contributed by atoms with Crippen LogP contribution in [0.25, 0.3) is 0 Å². The zero-order valence-corrected chi connectivity index (χ0v) is 29.4. The molecule has 0 N–H and O–H groups in total. The van der Waals surface area contributed by atoms with Gasteiger partial charge in [0.1, 0.15) is 18.0 Å². The number of rotatable bonds is 7. The average Bonchev–Trinajstić information content (AvgIpc) is 3.26. The molecule has 10 heteroatoms. The monoisotopic (exact) mass is 612 g/mol. The van der Waals surface area contributed by atoms with Crippen molar-refractivity contribution >= 4 is 22.5 Å². The number of hydrogen-bond acceptors (Lipinski definition) is 6. The molecule has 0 unspecified atom stereocenters. The van der Waals surface area contributed by atoms with Crippen molar-refractivity contribution in [1.29, 1.82) is 0 Å². The topological polar surface area (TPSA) is 88.8 Å². The molecule has 1 aliphatic heterocycles. The Morgan fingerprint density at radius 1 is 1.00 bits per heavy atom. The van der Waals surface area contributed by atoms with E-state index in [-0.39, 0.29) is 33.0 Å². The van der Waals surface area contributed by atoms with Gasteiger partial charge in [0.15, 0.2) is 16.6 Å². The maximum atomic E-state index is 14.0. The smallest absolute Gasteiger partial charge is 0.341 e. The number of carbonyl (C=O) groups excluding carboxylic acids is 1. The van der Waals surface area contributed by atoms with Crippen LogP contribution in [0.2, 0.25) is 36.3 Å². The first-order chi connectivity index (χ1) is 19.2. The highest BCUT2D eigenvalue weighted by molar-refractivity contribution is 6.74. The van der Waals surface area contributed by atoms with Crippen LogP contribution < -0.4 is 11.2 Å². The normalized spacial score (nSPS) is 19.9. The van der Waals surface area contributed by atoms with E-state index in [1.54, 1.807) is 44.2 Å². The third kappa shape index (κ3) is 6.81. The Balaban J connectivity index is 2.15. The minimum Gasteiger partial charge on any atom is -0.414 e. The van der Waals surface area contributed by atoms with Gasteiger partial charge in [-0.1, -0.05) is 65.7 Å². The number of benzene rings is 1. The van der Waals surface area contributed by atoms with Crippen LogP contribution in [-0.4, -0.2) is 50.5 Å². The highest BCUT2D eigenvalue weighted by Crippen LogP contribution is 2.42. The van der Waals surface area contributed by atoms with E-state index in [9.17, 15) is 14.4 Å². The number of aromatic nitrogens is 2. The molecule has 3 atom stereocenters. The van der Waals surface area contributed by atoms with Crippen molar-refractivity contribution < 1.29 is 18.4 Å². The molecule has 0 amide bonds. The van der Waals surface area contributed by atoms with Crippen LogP contribution >= 0.6 is 0 Å². The predicted octanol–water partition coefficient (Wildman–Crippen LogP) is 6.08. The second kappa shape index (κ2) is 12.2. The largest absolute Gasteiger partial charge is 0.414 e. The summed E-state index contributed by atoms with van der Waals surface area (Å²) in [6.07, 6.45) is -1.24. The SMILES string of the molecule is CC#Cc1c(C)c(=O)n(C(=O)c2ccccc2)c(=O)n1[C@H]1C[C@H](O[Si](C)(C)C(C)(C)C)[C@@H](CO[Si](C)(C)C(C)(C)C)O1. The molecule has 2 heterocycles. The summed E-state index contributed by atoms with van der Waals surface area (Å²) in [7, 11) is -4.35. The van der Waals surface area contributed by atoms with Gasteiger partial charge in [0, 0.05) is 17.5 Å². The van der Waals surface area contributed by atoms with Crippen LogP contribution in [-0.2, 0) is 13.6 Å². The number of carbonyl (C=O) groups is 1. The van der Waals surface area contributed by atoms with E-state index in [0.717, 1.165) is 0 Å². The minimum absolute atomic E-state index is 0.00598. The molecule has 42 heavy (non-hydrogen) atoms. The van der Waals surface area contributed by atoms with Gasteiger partial charge in [-0.2, -0.15) is 4.57 Å². The molecule has 1 aromatic heterocycles. The highest BCUT2D eigenvalue weighted by atomic mass is 28.4. The highest BCUT2D eigenvalue weighted by Gasteiger charge is 2.47. The van der Waals surface area contributed by atoms with Crippen molar-refractivity contribution in [2.45, 2.75) is 117 Å². The third-order valence-corrected chi connectivity index (χ3v) is 18.1. The van der Waals surface area contributed by atoms with E-state index in [4.69, 9.17) is 13.6 Å². The first kappa shape index (κ1) is 33.9. The van der Waals surface area contributed by atoms with Crippen molar-refractivity contribution in [3.63, 3.8) is 0 Å². The third-order valence-electron chi connectivity index (χ3n) is 9.12. The lowest BCUT2D eigenvalue weighted by atomic mass is 10.1. The quantitative estimate of drug-likeness (QED) is 0.278. The summed E-state index contributed by atoms with van der Waals surface area (Å²) in [5.74, 6) is 5.07. The average molecular weight is 613 g/mol. The van der Waals surface area contributed by atoms with Gasteiger partial charge in [0.25, 0.3) is 11.5 Å². The Hall–Kier alpha value is -2.56. The Kier molecular flexibility index (Phi) is 9.87. The lowest BCUT2D eigenvalue weighted by molar-refractivity contribution is -0.0418. The molecule has 8 nitrogen and oxygen atoms in total. The maximum absolute atomic E-state index is 14.0. The van der Waals surface area contributed by atoms with E-state index in [0.29, 0.717) is 17.6 Å². The van der Waals surface area contributed by atoms with Crippen LogP contribution in [0.1, 0.15) is 82.7 Å². The Labute approximate surface area is 252 Å². The zero-order valence-electron chi connectivity index (χ0n) is 27.4. The van der Waals surface area contributed by atoms with Crippen LogP contribution in [0, 0.1) is 18.8 Å². The standard InChI is InChI=1S/C32H48N2O6Si2/c1-13-17-24-22(2)28(35)34(29(36)23-18-15-14-16-19-23)30(37)33(24)27-20-25(40-42(11,12)32(6,7)8)26(39-27)21-38-41(9,10)31(3,4)5/h14-16,18-19,25-27H,20-21H2,1-12H3/t25-,26+,27+/m0/s1. The molecule has 2 aromatic rings. The van der Waals surface area contributed by atoms with Crippen molar-refractivity contribution in [3.05, 3.63) is 68.0 Å². The molecule has 230 valence electrons. The molecule has 1 aromatic carbocycles. The molecule has 1 aliphatic rings. The first-order valence-electron chi connectivity index (χ1n) is 14.6. The van der Waals surface area contributed by atoms with Gasteiger partial charge in [-0.3, -0.25) is 14.2 Å². The van der Waals surface area contributed by atoms with Gasteiger partial charge in [0.05, 0.1) is 12.7 Å². The fourth-order valence-corrected chi connectivity index (χ4v) is 6.74. The summed E-state index contributed by atoms with van der Waals surface area (Å²) in [5, 5.41) is -0.0381. The van der Waals surface area contributed by atoms with Crippen LogP contribution in [0.5, 0.6) is 0 Å². The number of ether oxygens (including phenoxy) is 1. The molecule has 1 saturated heterocycles. The van der Waals surface area contributed by atoms with Crippen molar-refractivity contribution in [3.8, 4) is 11.8 Å². The lowest BCUT2D eigenvalue weighted by Crippen LogP contribution is -2.48. The number of hydrogen-bond donors (Lipinski definition) is 0. The van der Waals surface area contributed by atoms with E-state index in [1.807, 2.05) is 0 Å². The van der Waals surface area contributed by atoms with E-state index >= 15 is 0 Å². The summed E-state index contributed by atoms with van der Waals surface area (Å²) in [5.41, 5.74) is -0.776. The zero-order chi connectivity index (χ0) is 31.8. The fourth-order valence-electron chi connectivity index (χ4n) is 4.36. The van der Waals surface area contributed by atoms with Crippen LogP contribution in [0.15, 0.2) is 39.9 Å². The molecule has 0 bridgehead atoms. The first-order valence-corrected chi connectivity index (χ1v) is 20.4. The molecular formula is C32H48N2O6Si2. The maximum Gasteiger partial charge on any atom is 0.341 e. The summed E-state index contributed by atoms with van der Waals surface area (Å²) in [6, 6.07) is 8.31. The van der Waals surface area contributed by atoms with Gasteiger partial charge in [0.2, 0.25) is 0 Å². The molecule has 0 radical (unpaired) electrons. The van der Waals surface area contributed by atoms with Gasteiger partial charge in [-0.05, 0) is 68.2 Å².